The lowest BCUT2D eigenvalue weighted by Gasteiger charge is -2.13. The third-order valence-electron chi connectivity index (χ3n) is 2.97. The predicted octanol–water partition coefficient (Wildman–Crippen LogP) is 3.08. The molecule has 1 aromatic carbocycles. The Kier molecular flexibility index (Phi) is 3.95. The molecule has 0 aliphatic rings. The second-order valence-corrected chi connectivity index (χ2v) is 6.88. The number of halogens is 2. The summed E-state index contributed by atoms with van der Waals surface area (Å²) in [6.07, 6.45) is 0. The highest BCUT2D eigenvalue weighted by atomic mass is 35.5. The van der Waals surface area contributed by atoms with Gasteiger partial charge in [-0.25, -0.2) is 8.42 Å². The molecular formula is C13H11Cl2NO3S. The van der Waals surface area contributed by atoms with Crippen molar-refractivity contribution in [1.29, 1.82) is 0 Å². The Bertz CT molecular complexity index is 745. The fourth-order valence-corrected chi connectivity index (χ4v) is 4.33. The molecule has 0 saturated carbocycles. The number of nitrogens with zero attached hydrogens (tertiary/aromatic N) is 1. The van der Waals surface area contributed by atoms with Gasteiger partial charge in [0.2, 0.25) is 21.2 Å². The van der Waals surface area contributed by atoms with E-state index in [0.29, 0.717) is 4.73 Å². The smallest absolute Gasteiger partial charge is 0.210 e. The number of benzene rings is 1. The Morgan fingerprint density at radius 2 is 1.45 bits per heavy atom. The average molecular weight is 332 g/mol. The summed E-state index contributed by atoms with van der Waals surface area (Å²) in [7, 11) is -3.88. The maximum absolute atomic E-state index is 12.6. The molecule has 0 unspecified atom stereocenters. The van der Waals surface area contributed by atoms with E-state index in [1.54, 1.807) is 18.2 Å². The molecule has 0 spiro atoms. The van der Waals surface area contributed by atoms with Crippen molar-refractivity contribution in [1.82, 2.24) is 0 Å². The van der Waals surface area contributed by atoms with Crippen molar-refractivity contribution in [3.63, 3.8) is 0 Å². The molecule has 7 heteroatoms. The first-order valence-electron chi connectivity index (χ1n) is 5.66. The lowest BCUT2D eigenvalue weighted by molar-refractivity contribution is -0.619. The van der Waals surface area contributed by atoms with Crippen molar-refractivity contribution >= 4 is 33.0 Å². The molecule has 0 saturated heterocycles. The zero-order valence-electron chi connectivity index (χ0n) is 10.7. The summed E-state index contributed by atoms with van der Waals surface area (Å²) < 4.78 is 25.7. The van der Waals surface area contributed by atoms with Crippen LogP contribution in [0.4, 0.5) is 0 Å². The average Bonchev–Trinajstić information content (AvgIpc) is 2.44. The number of rotatable bonds is 2. The molecule has 2 aromatic rings. The summed E-state index contributed by atoms with van der Waals surface area (Å²) in [5.74, 6) is 0. The van der Waals surface area contributed by atoms with Crippen molar-refractivity contribution in [2.75, 3.05) is 0 Å². The molecule has 0 amide bonds. The van der Waals surface area contributed by atoms with Crippen LogP contribution in [0, 0.1) is 19.1 Å². The van der Waals surface area contributed by atoms with E-state index in [2.05, 4.69) is 0 Å². The van der Waals surface area contributed by atoms with Crippen LogP contribution in [0.1, 0.15) is 11.4 Å². The van der Waals surface area contributed by atoms with Crippen LogP contribution >= 0.6 is 23.2 Å². The van der Waals surface area contributed by atoms with Crippen LogP contribution in [0.25, 0.3) is 0 Å². The maximum atomic E-state index is 12.6. The highest BCUT2D eigenvalue weighted by Crippen LogP contribution is 2.35. The summed E-state index contributed by atoms with van der Waals surface area (Å²) in [5.41, 5.74) is 0.200. The van der Waals surface area contributed by atoms with E-state index < -0.39 is 9.84 Å². The number of hydrogen-bond acceptors (Lipinski definition) is 3. The first-order valence-corrected chi connectivity index (χ1v) is 7.90. The van der Waals surface area contributed by atoms with Gasteiger partial charge in [-0.15, -0.1) is 0 Å². The zero-order chi connectivity index (χ0) is 15.1. The molecule has 1 heterocycles. The van der Waals surface area contributed by atoms with Crippen LogP contribution in [-0.4, -0.2) is 8.42 Å². The van der Waals surface area contributed by atoms with Crippen molar-refractivity contribution in [3.8, 4) is 0 Å². The minimum absolute atomic E-state index is 0.0752. The molecule has 106 valence electrons. The Hall–Kier alpha value is -1.30. The molecule has 4 nitrogen and oxygen atoms in total. The molecule has 0 N–H and O–H groups in total. The first-order chi connectivity index (χ1) is 9.28. The van der Waals surface area contributed by atoms with Gasteiger partial charge in [0, 0.05) is 13.8 Å². The minimum Gasteiger partial charge on any atom is -0.618 e. The first kappa shape index (κ1) is 15.1. The Labute approximate surface area is 127 Å². The highest BCUT2D eigenvalue weighted by Gasteiger charge is 2.31. The molecule has 0 fully saturated rings. The normalized spacial score (nSPS) is 11.6. The van der Waals surface area contributed by atoms with E-state index in [4.69, 9.17) is 23.2 Å². The summed E-state index contributed by atoms with van der Waals surface area (Å²) in [6, 6.07) is 7.81. The van der Waals surface area contributed by atoms with Crippen molar-refractivity contribution in [3.05, 3.63) is 57.0 Å². The highest BCUT2D eigenvalue weighted by molar-refractivity contribution is 7.91. The van der Waals surface area contributed by atoms with Gasteiger partial charge in [-0.05, 0) is 12.1 Å². The van der Waals surface area contributed by atoms with Crippen LogP contribution < -0.4 is 4.73 Å². The standard InChI is InChI=1S/C13H11Cl2NO3S/c1-8-11(14)13(12(15)9(2)16(8)17)20(18,19)10-6-4-3-5-7-10/h3-7H,1-2H3. The summed E-state index contributed by atoms with van der Waals surface area (Å²) in [6.45, 7) is 2.89. The number of aromatic nitrogens is 1. The fraction of sp³-hybridized carbons (Fsp3) is 0.154. The number of pyridine rings is 1. The maximum Gasteiger partial charge on any atom is 0.210 e. The second kappa shape index (κ2) is 5.24. The van der Waals surface area contributed by atoms with Crippen molar-refractivity contribution in [2.45, 2.75) is 23.6 Å². The zero-order valence-corrected chi connectivity index (χ0v) is 13.1. The summed E-state index contributed by atoms with van der Waals surface area (Å²) in [4.78, 5) is -0.152. The van der Waals surface area contributed by atoms with E-state index in [9.17, 15) is 13.6 Å². The van der Waals surface area contributed by atoms with Crippen molar-refractivity contribution < 1.29 is 13.1 Å². The monoisotopic (exact) mass is 331 g/mol. The molecule has 2 rings (SSSR count). The van der Waals surface area contributed by atoms with Crippen LogP contribution in [0.15, 0.2) is 40.1 Å². The number of sulfone groups is 1. The van der Waals surface area contributed by atoms with Gasteiger partial charge in [0.15, 0.2) is 0 Å². The molecule has 0 aliphatic carbocycles. The topological polar surface area (TPSA) is 61.1 Å². The molecule has 0 aliphatic heterocycles. The van der Waals surface area contributed by atoms with Gasteiger partial charge in [0.05, 0.1) is 4.90 Å². The van der Waals surface area contributed by atoms with Gasteiger partial charge in [-0.3, -0.25) is 0 Å². The molecular weight excluding hydrogens is 321 g/mol. The van der Waals surface area contributed by atoms with E-state index in [0.717, 1.165) is 0 Å². The van der Waals surface area contributed by atoms with E-state index in [-0.39, 0.29) is 31.2 Å². The molecule has 1 aromatic heterocycles. The van der Waals surface area contributed by atoms with Gasteiger partial charge < -0.3 is 5.21 Å². The van der Waals surface area contributed by atoms with Crippen LogP contribution in [-0.2, 0) is 9.84 Å². The Morgan fingerprint density at radius 3 is 1.90 bits per heavy atom. The van der Waals surface area contributed by atoms with E-state index >= 15 is 0 Å². The lowest BCUT2D eigenvalue weighted by Crippen LogP contribution is -2.35. The quantitative estimate of drug-likeness (QED) is 0.627. The Balaban J connectivity index is 2.84. The third kappa shape index (κ3) is 2.26. The molecule has 0 atom stereocenters. The van der Waals surface area contributed by atoms with Crippen molar-refractivity contribution in [2.24, 2.45) is 0 Å². The fourth-order valence-electron chi connectivity index (χ4n) is 1.81. The van der Waals surface area contributed by atoms with E-state index in [1.807, 2.05) is 0 Å². The molecule has 0 radical (unpaired) electrons. The molecule has 0 bridgehead atoms. The van der Waals surface area contributed by atoms with Gasteiger partial charge in [0.25, 0.3) is 0 Å². The van der Waals surface area contributed by atoms with Crippen LogP contribution in [0.2, 0.25) is 10.0 Å². The third-order valence-corrected chi connectivity index (χ3v) is 5.95. The lowest BCUT2D eigenvalue weighted by atomic mass is 10.3. The Morgan fingerprint density at radius 1 is 1.00 bits per heavy atom. The predicted molar refractivity (Wildman–Crippen MR) is 76.8 cm³/mol. The van der Waals surface area contributed by atoms with E-state index in [1.165, 1.54) is 26.0 Å². The summed E-state index contributed by atoms with van der Waals surface area (Å²) >= 11 is 12.1. The second-order valence-electron chi connectivity index (χ2n) is 4.24. The SMILES string of the molecule is Cc1c(Cl)c(S(=O)(=O)c2ccccc2)c(Cl)c(C)[n+]1[O-]. The molecule has 20 heavy (non-hydrogen) atoms. The number of hydrogen-bond donors (Lipinski definition) is 0. The van der Waals surface area contributed by atoms with Gasteiger partial charge in [-0.2, -0.15) is 4.73 Å². The van der Waals surface area contributed by atoms with Gasteiger partial charge in [0.1, 0.15) is 14.9 Å². The van der Waals surface area contributed by atoms with Crippen LogP contribution in [0.3, 0.4) is 0 Å². The largest absolute Gasteiger partial charge is 0.618 e. The summed E-state index contributed by atoms with van der Waals surface area (Å²) in [5, 5.41) is 11.5. The van der Waals surface area contributed by atoms with Gasteiger partial charge >= 0.3 is 0 Å². The minimum atomic E-state index is -3.88. The van der Waals surface area contributed by atoms with Gasteiger partial charge in [-0.1, -0.05) is 41.4 Å². The van der Waals surface area contributed by atoms with Crippen LogP contribution in [0.5, 0.6) is 0 Å².